The number of hydrogen-bond donors (Lipinski definition) is 5. The first kappa shape index (κ1) is 61.7. The van der Waals surface area contributed by atoms with E-state index in [2.05, 4.69) is 113 Å². The number of carbonyl (C=O) groups excluding carboxylic acids is 4. The summed E-state index contributed by atoms with van der Waals surface area (Å²) in [6.07, 6.45) is 5.57. The third-order valence-electron chi connectivity index (χ3n) is 16.0. The molecule has 420 valence electrons. The highest BCUT2D eigenvalue weighted by molar-refractivity contribution is 7.99. The molecule has 2 aliphatic carbocycles. The fourth-order valence-corrected chi connectivity index (χ4v) is 12.4. The van der Waals surface area contributed by atoms with E-state index in [-0.39, 0.29) is 97.5 Å². The number of amidine groups is 1. The zero-order chi connectivity index (χ0) is 57.4. The number of allylic oxidation sites excluding steroid dienone is 1. The Morgan fingerprint density at radius 1 is 0.671 bits per heavy atom. The number of rotatable bonds is 14. The molecule has 0 bridgehead atoms. The molecule has 0 spiro atoms. The van der Waals surface area contributed by atoms with Crippen LogP contribution in [-0.4, -0.2) is 74.7 Å². The minimum absolute atomic E-state index is 0.0541. The smallest absolute Gasteiger partial charge is 0.342 e. The Kier molecular flexibility index (Phi) is 19.0. The molecule has 0 saturated heterocycles. The van der Waals surface area contributed by atoms with Crippen LogP contribution in [0.2, 0.25) is 0 Å². The number of H-pyrrole nitrogens is 1. The van der Waals surface area contributed by atoms with E-state index >= 15 is 4.79 Å². The van der Waals surface area contributed by atoms with E-state index in [1.54, 1.807) is 40.7 Å². The van der Waals surface area contributed by atoms with Crippen molar-refractivity contribution in [3.8, 4) is 0 Å². The maximum Gasteiger partial charge on any atom is 0.342 e. The maximum atomic E-state index is 15.0. The molecule has 4 atom stereocenters. The Labute approximate surface area is 457 Å². The summed E-state index contributed by atoms with van der Waals surface area (Å²) in [7, 11) is 0. The molecule has 2 aromatic rings. The first-order valence-electron chi connectivity index (χ1n) is 27.3. The van der Waals surface area contributed by atoms with Crippen LogP contribution in [0.25, 0.3) is 6.08 Å². The van der Waals surface area contributed by atoms with Crippen molar-refractivity contribution in [2.45, 2.75) is 194 Å². The molecular formula is C61H90N4O10S. The number of aromatic amines is 1. The molecule has 3 aliphatic rings. The second-order valence-electron chi connectivity index (χ2n) is 27.6. The molecule has 76 heavy (non-hydrogen) atoms. The number of amides is 2. The number of ether oxygens (including phenoxy) is 2. The van der Waals surface area contributed by atoms with Gasteiger partial charge in [-0.3, -0.25) is 9.59 Å². The number of carbonyl (C=O) groups is 6. The molecule has 2 saturated carbocycles. The Morgan fingerprint density at radius 3 is 1.54 bits per heavy atom. The highest BCUT2D eigenvalue weighted by Gasteiger charge is 2.50. The molecule has 1 aliphatic heterocycles. The van der Waals surface area contributed by atoms with Crippen LogP contribution in [0.15, 0.2) is 44.9 Å². The highest BCUT2D eigenvalue weighted by Crippen LogP contribution is 2.52. The van der Waals surface area contributed by atoms with Gasteiger partial charge in [0.25, 0.3) is 0 Å². The molecule has 15 heteroatoms. The molecule has 2 heterocycles. The number of hydrogen-bond acceptors (Lipinski definition) is 10. The van der Waals surface area contributed by atoms with Gasteiger partial charge in [0.05, 0.1) is 16.8 Å². The molecule has 5 N–H and O–H groups in total. The molecule has 0 radical (unpaired) electrons. The lowest BCUT2D eigenvalue weighted by Crippen LogP contribution is -2.50. The van der Waals surface area contributed by atoms with E-state index in [1.807, 2.05) is 0 Å². The topological polar surface area (TPSA) is 214 Å². The molecule has 4 unspecified atom stereocenters. The van der Waals surface area contributed by atoms with E-state index in [0.29, 0.717) is 57.9 Å². The first-order valence-corrected chi connectivity index (χ1v) is 28.3. The van der Waals surface area contributed by atoms with Crippen LogP contribution in [0.5, 0.6) is 0 Å². The molecule has 2 fully saturated rings. The number of carboxylic acid groups (broad SMARTS) is 2. The van der Waals surface area contributed by atoms with E-state index in [4.69, 9.17) is 14.5 Å². The summed E-state index contributed by atoms with van der Waals surface area (Å²) in [6.45, 7) is 39.8. The summed E-state index contributed by atoms with van der Waals surface area (Å²) in [5.74, 6) is -2.44. The summed E-state index contributed by atoms with van der Waals surface area (Å²) < 4.78 is 13.5. The van der Waals surface area contributed by atoms with Crippen LogP contribution in [0, 0.1) is 69.5 Å². The van der Waals surface area contributed by atoms with Gasteiger partial charge in [-0.15, -0.1) is 11.8 Å². The third kappa shape index (κ3) is 15.1. The second-order valence-corrected chi connectivity index (χ2v) is 28.8. The van der Waals surface area contributed by atoms with Crippen LogP contribution in [0.4, 0.5) is 5.82 Å². The predicted octanol–water partition coefficient (Wildman–Crippen LogP) is 13.8. The lowest BCUT2D eigenvalue weighted by atomic mass is 9.59. The molecular weight excluding hydrogens is 981 g/mol. The van der Waals surface area contributed by atoms with Crippen LogP contribution in [-0.2, 0) is 23.9 Å². The number of aromatic carboxylic acids is 2. The number of thioether (sulfide) groups is 1. The standard InChI is InChI=1S/C61H90N4O10S/c1-32-24-39(57(5,6)7)48(40(25-32)58(8,9)10)74-54(71)46-34(3)43(62-50(46)64-45(66)22-20-21-23-76-38-29-36(52(67)68)28-37(30-38)53(69)70)31-44-35(4)47(51(63-44)65-56(73)61(17,18)19)55(72)75-49-41(59(11,12)13)26-33(2)27-42(49)60(14,15)16/h28-33,39-42,48-49,62H,20-27H2,1-19H3,(H,64,66)(H,67,68)(H,69,70)(H,63,65,73). The SMILES string of the molecule is CC1=C(C(=O)OC2C(C(C)(C)C)CC(C)CC2C(C)(C)C)C(NC(=O)C(C)(C)C)=NC1=Cc1[nH]c(NC(=O)CCCCSc2cc(C(=O)O)cc(C(=O)O)c2)c(C(=O)OC2C(C(C)(C)C)CC(C)CC2C(C)(C)C)c1C. The quantitative estimate of drug-likeness (QED) is 0.0682. The van der Waals surface area contributed by atoms with Crippen LogP contribution in [0.1, 0.15) is 212 Å². The van der Waals surface area contributed by atoms with Gasteiger partial charge in [-0.1, -0.05) is 118 Å². The van der Waals surface area contributed by atoms with E-state index < -0.39 is 41.5 Å². The monoisotopic (exact) mass is 1070 g/mol. The van der Waals surface area contributed by atoms with Crippen LogP contribution < -0.4 is 10.6 Å². The van der Waals surface area contributed by atoms with Gasteiger partial charge in [0, 0.05) is 46.1 Å². The largest absolute Gasteiger partial charge is 0.478 e. The van der Waals surface area contributed by atoms with Crippen molar-refractivity contribution in [1.82, 2.24) is 10.3 Å². The summed E-state index contributed by atoms with van der Waals surface area (Å²) >= 11 is 1.30. The number of carboxylic acids is 2. The van der Waals surface area contributed by atoms with E-state index in [0.717, 1.165) is 31.7 Å². The lowest BCUT2D eigenvalue weighted by Gasteiger charge is -2.50. The lowest BCUT2D eigenvalue weighted by molar-refractivity contribution is -0.164. The normalized spacial score (nSPS) is 24.2. The minimum atomic E-state index is -1.23. The minimum Gasteiger partial charge on any atom is -0.478 e. The zero-order valence-corrected chi connectivity index (χ0v) is 49.9. The molecule has 1 aromatic heterocycles. The Balaban J connectivity index is 1.55. The van der Waals surface area contributed by atoms with Gasteiger partial charge in [0.2, 0.25) is 11.8 Å². The van der Waals surface area contributed by atoms with Crippen molar-refractivity contribution in [1.29, 1.82) is 0 Å². The summed E-state index contributed by atoms with van der Waals surface area (Å²) in [5.41, 5.74) is 0.342. The zero-order valence-electron chi connectivity index (χ0n) is 49.1. The maximum absolute atomic E-state index is 15.0. The Hall–Kier alpha value is -5.18. The van der Waals surface area contributed by atoms with Gasteiger partial charge < -0.3 is 35.3 Å². The fraction of sp³-hybridized carbons (Fsp3) is 0.656. The summed E-state index contributed by atoms with van der Waals surface area (Å²) in [5, 5.41) is 25.0. The number of unbranched alkanes of at least 4 members (excludes halogenated alkanes) is 1. The number of aromatic nitrogens is 1. The van der Waals surface area contributed by atoms with E-state index in [1.165, 1.54) is 23.9 Å². The van der Waals surface area contributed by atoms with Gasteiger partial charge in [0.1, 0.15) is 35.0 Å². The van der Waals surface area contributed by atoms with Gasteiger partial charge in [0.15, 0.2) is 0 Å². The molecule has 1 aromatic carbocycles. The number of benzene rings is 1. The van der Waals surface area contributed by atoms with Crippen molar-refractivity contribution in [3.05, 3.63) is 63.0 Å². The van der Waals surface area contributed by atoms with Crippen LogP contribution in [0.3, 0.4) is 0 Å². The molecule has 14 nitrogen and oxygen atoms in total. The van der Waals surface area contributed by atoms with Crippen molar-refractivity contribution >= 4 is 65.2 Å². The van der Waals surface area contributed by atoms with E-state index in [9.17, 15) is 34.2 Å². The Morgan fingerprint density at radius 2 is 1.12 bits per heavy atom. The average molecular weight is 1070 g/mol. The van der Waals surface area contributed by atoms with Crippen LogP contribution >= 0.6 is 11.8 Å². The summed E-state index contributed by atoms with van der Waals surface area (Å²) in [4.78, 5) is 89.6. The van der Waals surface area contributed by atoms with Gasteiger partial charge in [-0.25, -0.2) is 24.2 Å². The highest BCUT2D eigenvalue weighted by atomic mass is 32.2. The van der Waals surface area contributed by atoms with Crippen molar-refractivity contribution < 1.29 is 48.5 Å². The van der Waals surface area contributed by atoms with Crippen molar-refractivity contribution in [2.75, 3.05) is 11.1 Å². The number of nitrogens with one attached hydrogen (secondary N) is 3. The average Bonchev–Trinajstić information content (AvgIpc) is 3.74. The summed E-state index contributed by atoms with van der Waals surface area (Å²) in [6, 6.07) is 3.98. The Bertz CT molecular complexity index is 2560. The predicted molar refractivity (Wildman–Crippen MR) is 302 cm³/mol. The number of nitrogens with zero attached hydrogens (tertiary/aromatic N) is 1. The van der Waals surface area contributed by atoms with Gasteiger partial charge in [-0.05, 0) is 127 Å². The molecule has 2 amide bonds. The van der Waals surface area contributed by atoms with Crippen molar-refractivity contribution in [3.63, 3.8) is 0 Å². The van der Waals surface area contributed by atoms with Gasteiger partial charge >= 0.3 is 23.9 Å². The first-order chi connectivity index (χ1) is 34.8. The number of anilines is 1. The van der Waals surface area contributed by atoms with Crippen molar-refractivity contribution in [2.24, 2.45) is 67.6 Å². The third-order valence-corrected chi connectivity index (χ3v) is 17.1. The van der Waals surface area contributed by atoms with Gasteiger partial charge in [-0.2, -0.15) is 0 Å². The fourth-order valence-electron chi connectivity index (χ4n) is 11.4. The number of esters is 2. The number of aliphatic imine (C=N–C) groups is 1. The second kappa shape index (κ2) is 23.4. The molecule has 5 rings (SSSR count).